The lowest BCUT2D eigenvalue weighted by Crippen LogP contribution is -2.51. The fraction of sp³-hybridized carbons (Fsp3) is 0.471. The molecule has 0 saturated carbocycles. The van der Waals surface area contributed by atoms with Crippen molar-refractivity contribution in [2.24, 2.45) is 5.92 Å². The number of benzene rings is 1. The summed E-state index contributed by atoms with van der Waals surface area (Å²) in [5.74, 6) is -1.07. The second-order valence-electron chi connectivity index (χ2n) is 6.24. The van der Waals surface area contributed by atoms with Crippen LogP contribution in [-0.4, -0.2) is 42.4 Å². The van der Waals surface area contributed by atoms with Crippen molar-refractivity contribution in [2.45, 2.75) is 26.3 Å². The molecule has 130 valence electrons. The Morgan fingerprint density at radius 2 is 1.79 bits per heavy atom. The van der Waals surface area contributed by atoms with E-state index < -0.39 is 5.54 Å². The number of hydrogen-bond donors (Lipinski definition) is 2. The number of likely N-dealkylation sites (N-methyl/N-ethyl adjacent to an activating group) is 1. The van der Waals surface area contributed by atoms with Gasteiger partial charge in [0.1, 0.15) is 11.4 Å². The van der Waals surface area contributed by atoms with E-state index in [-0.39, 0.29) is 36.6 Å². The number of hydrogen-bond acceptors (Lipinski definition) is 4. The first-order valence-corrected chi connectivity index (χ1v) is 7.62. The molecule has 0 aliphatic heterocycles. The van der Waals surface area contributed by atoms with Crippen molar-refractivity contribution in [2.75, 3.05) is 25.5 Å². The van der Waals surface area contributed by atoms with Crippen LogP contribution in [0.4, 0.5) is 10.1 Å². The first kappa shape index (κ1) is 19.6. The van der Waals surface area contributed by atoms with Gasteiger partial charge in [-0.25, -0.2) is 4.39 Å². The monoisotopic (exact) mass is 334 g/mol. The van der Waals surface area contributed by atoms with Gasteiger partial charge in [-0.1, -0.05) is 13.8 Å². The van der Waals surface area contributed by atoms with E-state index in [1.807, 2.05) is 13.8 Å². The van der Waals surface area contributed by atoms with Crippen LogP contribution in [0.5, 0.6) is 0 Å². The molecule has 7 heteroatoms. The number of nitrogens with zero attached hydrogens (tertiary/aromatic N) is 2. The van der Waals surface area contributed by atoms with Crippen LogP contribution >= 0.6 is 0 Å². The van der Waals surface area contributed by atoms with E-state index in [1.165, 1.54) is 29.2 Å². The summed E-state index contributed by atoms with van der Waals surface area (Å²) in [5, 5.41) is 14.5. The molecule has 2 amide bonds. The molecule has 0 bridgehead atoms. The molecule has 2 N–H and O–H groups in total. The molecule has 1 aromatic rings. The zero-order chi connectivity index (χ0) is 18.3. The molecule has 0 saturated heterocycles. The van der Waals surface area contributed by atoms with Gasteiger partial charge in [0, 0.05) is 5.69 Å². The molecule has 0 aliphatic carbocycles. The molecule has 0 aromatic heterocycles. The zero-order valence-electron chi connectivity index (χ0n) is 14.4. The number of nitriles is 1. The highest BCUT2D eigenvalue weighted by Crippen LogP contribution is 2.14. The fourth-order valence-electron chi connectivity index (χ4n) is 1.91. The maximum atomic E-state index is 12.8. The van der Waals surface area contributed by atoms with Gasteiger partial charge in [0.2, 0.25) is 11.8 Å². The number of nitrogens with one attached hydrogen (secondary N) is 2. The molecular weight excluding hydrogens is 311 g/mol. The molecule has 6 nitrogen and oxygen atoms in total. The van der Waals surface area contributed by atoms with Crippen LogP contribution in [0.25, 0.3) is 0 Å². The van der Waals surface area contributed by atoms with E-state index in [9.17, 15) is 19.2 Å². The largest absolute Gasteiger partial charge is 0.337 e. The summed E-state index contributed by atoms with van der Waals surface area (Å²) in [5.41, 5.74) is -0.468. The Labute approximate surface area is 141 Å². The molecule has 24 heavy (non-hydrogen) atoms. The molecule has 0 radical (unpaired) electrons. The number of rotatable bonds is 7. The number of halogens is 1. The summed E-state index contributed by atoms with van der Waals surface area (Å²) in [7, 11) is 1.63. The van der Waals surface area contributed by atoms with E-state index in [0.717, 1.165) is 0 Å². The Kier molecular flexibility index (Phi) is 6.86. The SMILES string of the molecule is CC(C)[C@@](C)(C#N)NC(=O)CN(C)CC(=O)Nc1ccc(F)cc1. The van der Waals surface area contributed by atoms with E-state index in [0.29, 0.717) is 5.69 Å². The molecule has 1 aromatic carbocycles. The van der Waals surface area contributed by atoms with Gasteiger partial charge in [-0.05, 0) is 44.2 Å². The lowest BCUT2D eigenvalue weighted by atomic mass is 9.90. The number of anilines is 1. The van der Waals surface area contributed by atoms with Gasteiger partial charge in [0.15, 0.2) is 0 Å². The highest BCUT2D eigenvalue weighted by molar-refractivity contribution is 5.92. The van der Waals surface area contributed by atoms with Gasteiger partial charge in [-0.3, -0.25) is 14.5 Å². The van der Waals surface area contributed by atoms with Crippen LogP contribution in [0.15, 0.2) is 24.3 Å². The standard InChI is InChI=1S/C17H23FN4O2/c1-12(2)17(3,11-19)21-16(24)10-22(4)9-15(23)20-14-7-5-13(18)6-8-14/h5-8,12H,9-10H2,1-4H3,(H,20,23)(H,21,24)/t17-/m1/s1. The first-order chi connectivity index (χ1) is 11.2. The smallest absolute Gasteiger partial charge is 0.238 e. The van der Waals surface area contributed by atoms with Gasteiger partial charge >= 0.3 is 0 Å². The highest BCUT2D eigenvalue weighted by Gasteiger charge is 2.30. The molecule has 0 aliphatic rings. The minimum absolute atomic E-state index is 0.00422. The van der Waals surface area contributed by atoms with Crippen LogP contribution in [0.2, 0.25) is 0 Å². The summed E-state index contributed by atoms with van der Waals surface area (Å²) in [4.78, 5) is 25.5. The van der Waals surface area contributed by atoms with E-state index in [1.54, 1.807) is 14.0 Å². The highest BCUT2D eigenvalue weighted by atomic mass is 19.1. The van der Waals surface area contributed by atoms with Crippen molar-refractivity contribution in [1.82, 2.24) is 10.2 Å². The topological polar surface area (TPSA) is 85.2 Å². The van der Waals surface area contributed by atoms with Gasteiger partial charge < -0.3 is 10.6 Å². The Bertz CT molecular complexity index is 624. The molecule has 0 heterocycles. The van der Waals surface area contributed by atoms with E-state index >= 15 is 0 Å². The second-order valence-corrected chi connectivity index (χ2v) is 6.24. The minimum Gasteiger partial charge on any atom is -0.337 e. The molecule has 1 atom stereocenters. The lowest BCUT2D eigenvalue weighted by Gasteiger charge is -2.28. The van der Waals surface area contributed by atoms with Crippen LogP contribution in [0.1, 0.15) is 20.8 Å². The molecule has 0 unspecified atom stereocenters. The van der Waals surface area contributed by atoms with Gasteiger partial charge in [0.25, 0.3) is 0 Å². The summed E-state index contributed by atoms with van der Waals surface area (Å²) in [6.07, 6.45) is 0. The average molecular weight is 334 g/mol. The molecular formula is C17H23FN4O2. The first-order valence-electron chi connectivity index (χ1n) is 7.62. The summed E-state index contributed by atoms with van der Waals surface area (Å²) in [6, 6.07) is 7.52. The Hall–Kier alpha value is -2.46. The van der Waals surface area contributed by atoms with Crippen molar-refractivity contribution in [3.8, 4) is 6.07 Å². The number of carbonyl (C=O) groups is 2. The van der Waals surface area contributed by atoms with Crippen LogP contribution in [0, 0.1) is 23.1 Å². The third-order valence-electron chi connectivity index (χ3n) is 3.74. The third kappa shape index (κ3) is 5.97. The predicted octanol–water partition coefficient (Wildman–Crippen LogP) is 1.75. The lowest BCUT2D eigenvalue weighted by molar-refractivity contribution is -0.124. The van der Waals surface area contributed by atoms with E-state index in [2.05, 4.69) is 16.7 Å². The maximum absolute atomic E-state index is 12.8. The summed E-state index contributed by atoms with van der Waals surface area (Å²) >= 11 is 0. The quantitative estimate of drug-likeness (QED) is 0.795. The van der Waals surface area contributed by atoms with E-state index in [4.69, 9.17) is 0 Å². The fourth-order valence-corrected chi connectivity index (χ4v) is 1.91. The van der Waals surface area contributed by atoms with Gasteiger partial charge in [0.05, 0.1) is 19.2 Å². The number of carbonyl (C=O) groups excluding carboxylic acids is 2. The minimum atomic E-state index is -0.950. The number of amides is 2. The zero-order valence-corrected chi connectivity index (χ0v) is 14.4. The summed E-state index contributed by atoms with van der Waals surface area (Å²) in [6.45, 7) is 5.35. The molecule has 1 rings (SSSR count). The van der Waals surface area contributed by atoms with Crippen molar-refractivity contribution < 1.29 is 14.0 Å². The second kappa shape index (κ2) is 8.41. The third-order valence-corrected chi connectivity index (χ3v) is 3.74. The predicted molar refractivity (Wildman–Crippen MR) is 89.5 cm³/mol. The van der Waals surface area contributed by atoms with Crippen molar-refractivity contribution in [3.63, 3.8) is 0 Å². The van der Waals surface area contributed by atoms with Crippen molar-refractivity contribution >= 4 is 17.5 Å². The normalized spacial score (nSPS) is 13.2. The molecule has 0 fully saturated rings. The van der Waals surface area contributed by atoms with Gasteiger partial charge in [-0.2, -0.15) is 5.26 Å². The van der Waals surface area contributed by atoms with Crippen LogP contribution in [-0.2, 0) is 9.59 Å². The molecule has 0 spiro atoms. The summed E-state index contributed by atoms with van der Waals surface area (Å²) < 4.78 is 12.8. The average Bonchev–Trinajstić information content (AvgIpc) is 2.48. The van der Waals surface area contributed by atoms with Crippen LogP contribution in [0.3, 0.4) is 0 Å². The van der Waals surface area contributed by atoms with Crippen LogP contribution < -0.4 is 10.6 Å². The van der Waals surface area contributed by atoms with Gasteiger partial charge in [-0.15, -0.1) is 0 Å². The Morgan fingerprint density at radius 1 is 1.25 bits per heavy atom. The Balaban J connectivity index is 2.49. The maximum Gasteiger partial charge on any atom is 0.238 e. The Morgan fingerprint density at radius 3 is 2.29 bits per heavy atom. The van der Waals surface area contributed by atoms with Crippen molar-refractivity contribution in [1.29, 1.82) is 5.26 Å². The van der Waals surface area contributed by atoms with Crippen molar-refractivity contribution in [3.05, 3.63) is 30.1 Å².